The molecule has 6 heteroatoms. The Hall–Kier alpha value is -0.950. The first kappa shape index (κ1) is 15.4. The number of nitrogens with two attached hydrogens (primary N) is 1. The highest BCUT2D eigenvalue weighted by Crippen LogP contribution is 2.30. The van der Waals surface area contributed by atoms with Crippen molar-refractivity contribution in [3.05, 3.63) is 29.8 Å². The summed E-state index contributed by atoms with van der Waals surface area (Å²) in [5, 5.41) is 9.11. The van der Waals surface area contributed by atoms with Gasteiger partial charge in [-0.15, -0.1) is 0 Å². The number of sulfonamides is 1. The van der Waals surface area contributed by atoms with E-state index in [1.165, 1.54) is 4.31 Å². The van der Waals surface area contributed by atoms with E-state index in [9.17, 15) is 8.42 Å². The molecule has 1 saturated carbocycles. The van der Waals surface area contributed by atoms with Crippen molar-refractivity contribution in [3.63, 3.8) is 0 Å². The lowest BCUT2D eigenvalue weighted by Crippen LogP contribution is -2.45. The highest BCUT2D eigenvalue weighted by molar-refractivity contribution is 7.89. The van der Waals surface area contributed by atoms with E-state index >= 15 is 0 Å². The van der Waals surface area contributed by atoms with Gasteiger partial charge in [0.15, 0.2) is 0 Å². The Morgan fingerprint density at radius 2 is 1.95 bits per heavy atom. The van der Waals surface area contributed by atoms with Crippen LogP contribution in [0.25, 0.3) is 0 Å². The van der Waals surface area contributed by atoms with E-state index in [0.29, 0.717) is 0 Å². The SMILES string of the molecule is CC(N)c1ccc(S(=O)(=O)N(CCO)C2CCC2)cc1. The first-order chi connectivity index (χ1) is 9.46. The van der Waals surface area contributed by atoms with E-state index in [4.69, 9.17) is 10.8 Å². The van der Waals surface area contributed by atoms with Gasteiger partial charge >= 0.3 is 0 Å². The van der Waals surface area contributed by atoms with E-state index in [1.54, 1.807) is 24.3 Å². The molecule has 0 saturated heterocycles. The van der Waals surface area contributed by atoms with Crippen molar-refractivity contribution in [2.24, 2.45) is 5.73 Å². The second-order valence-electron chi connectivity index (χ2n) is 5.28. The van der Waals surface area contributed by atoms with Crippen LogP contribution in [-0.4, -0.2) is 37.0 Å². The minimum absolute atomic E-state index is 0.0280. The second kappa shape index (κ2) is 6.22. The number of rotatable bonds is 6. The van der Waals surface area contributed by atoms with Crippen molar-refractivity contribution in [1.29, 1.82) is 0 Å². The maximum absolute atomic E-state index is 12.6. The van der Waals surface area contributed by atoms with Crippen LogP contribution in [0, 0.1) is 0 Å². The Bertz CT molecular complexity index is 536. The van der Waals surface area contributed by atoms with Crippen LogP contribution in [0.5, 0.6) is 0 Å². The molecule has 20 heavy (non-hydrogen) atoms. The number of nitrogens with zero attached hydrogens (tertiary/aromatic N) is 1. The molecule has 0 amide bonds. The predicted octanol–water partition coefficient (Wildman–Crippen LogP) is 1.24. The zero-order valence-corrected chi connectivity index (χ0v) is 12.5. The third-order valence-electron chi connectivity index (χ3n) is 3.81. The van der Waals surface area contributed by atoms with Gasteiger partial charge in [-0.05, 0) is 37.5 Å². The summed E-state index contributed by atoms with van der Waals surface area (Å²) in [6.45, 7) is 1.85. The van der Waals surface area contributed by atoms with Gasteiger partial charge in [-0.3, -0.25) is 0 Å². The minimum Gasteiger partial charge on any atom is -0.395 e. The van der Waals surface area contributed by atoms with Crippen LogP contribution in [0.15, 0.2) is 29.2 Å². The number of aliphatic hydroxyl groups is 1. The van der Waals surface area contributed by atoms with E-state index in [2.05, 4.69) is 0 Å². The summed E-state index contributed by atoms with van der Waals surface area (Å²) in [6, 6.07) is 6.59. The standard InChI is InChI=1S/C14H22N2O3S/c1-11(15)12-5-7-14(8-6-12)20(18,19)16(9-10-17)13-3-2-4-13/h5-8,11,13,17H,2-4,9-10,15H2,1H3. The minimum atomic E-state index is -3.53. The molecule has 0 spiro atoms. The molecule has 1 aliphatic rings. The van der Waals surface area contributed by atoms with E-state index in [0.717, 1.165) is 24.8 Å². The van der Waals surface area contributed by atoms with Crippen LogP contribution in [0.4, 0.5) is 0 Å². The quantitative estimate of drug-likeness (QED) is 0.827. The van der Waals surface area contributed by atoms with Gasteiger partial charge in [0.25, 0.3) is 0 Å². The van der Waals surface area contributed by atoms with E-state index in [-0.39, 0.29) is 30.1 Å². The monoisotopic (exact) mass is 298 g/mol. The van der Waals surface area contributed by atoms with Gasteiger partial charge in [0.05, 0.1) is 11.5 Å². The lowest BCUT2D eigenvalue weighted by Gasteiger charge is -2.36. The summed E-state index contributed by atoms with van der Waals surface area (Å²) < 4.78 is 26.7. The summed E-state index contributed by atoms with van der Waals surface area (Å²) in [4.78, 5) is 0.266. The lowest BCUT2D eigenvalue weighted by molar-refractivity contribution is 0.178. The van der Waals surface area contributed by atoms with Crippen molar-refractivity contribution < 1.29 is 13.5 Å². The normalized spacial score (nSPS) is 18.0. The summed E-state index contributed by atoms with van der Waals surface area (Å²) in [7, 11) is -3.53. The van der Waals surface area contributed by atoms with Gasteiger partial charge in [-0.2, -0.15) is 4.31 Å². The maximum Gasteiger partial charge on any atom is 0.243 e. The summed E-state index contributed by atoms with van der Waals surface area (Å²) in [5.41, 5.74) is 6.67. The lowest BCUT2D eigenvalue weighted by atomic mass is 9.93. The maximum atomic E-state index is 12.6. The molecular formula is C14H22N2O3S. The molecular weight excluding hydrogens is 276 g/mol. The number of aliphatic hydroxyl groups excluding tert-OH is 1. The zero-order chi connectivity index (χ0) is 14.8. The Morgan fingerprint density at radius 3 is 2.35 bits per heavy atom. The van der Waals surface area contributed by atoms with Gasteiger partial charge < -0.3 is 10.8 Å². The largest absolute Gasteiger partial charge is 0.395 e. The van der Waals surface area contributed by atoms with Crippen LogP contribution in [-0.2, 0) is 10.0 Å². The van der Waals surface area contributed by atoms with Gasteiger partial charge in [-0.1, -0.05) is 18.6 Å². The first-order valence-corrected chi connectivity index (χ1v) is 8.39. The smallest absolute Gasteiger partial charge is 0.243 e. The third-order valence-corrected chi connectivity index (χ3v) is 5.78. The highest BCUT2D eigenvalue weighted by Gasteiger charge is 2.34. The van der Waals surface area contributed by atoms with Crippen molar-refractivity contribution in [3.8, 4) is 0 Å². The van der Waals surface area contributed by atoms with E-state index in [1.807, 2.05) is 6.92 Å². The van der Waals surface area contributed by atoms with Crippen LogP contribution >= 0.6 is 0 Å². The summed E-state index contributed by atoms with van der Waals surface area (Å²) >= 11 is 0. The molecule has 0 aliphatic heterocycles. The van der Waals surface area contributed by atoms with Gasteiger partial charge in [0, 0.05) is 18.6 Å². The number of hydrogen-bond donors (Lipinski definition) is 2. The third kappa shape index (κ3) is 3.03. The Labute approximate surface area is 120 Å². The fraction of sp³-hybridized carbons (Fsp3) is 0.571. The average molecular weight is 298 g/mol. The average Bonchev–Trinajstić information content (AvgIpc) is 2.36. The molecule has 1 fully saturated rings. The molecule has 5 nitrogen and oxygen atoms in total. The molecule has 0 heterocycles. The van der Waals surface area contributed by atoms with Gasteiger partial charge in [0.1, 0.15) is 0 Å². The molecule has 2 rings (SSSR count). The van der Waals surface area contributed by atoms with Crippen molar-refractivity contribution >= 4 is 10.0 Å². The summed E-state index contributed by atoms with van der Waals surface area (Å²) in [5.74, 6) is 0. The van der Waals surface area contributed by atoms with Crippen LogP contribution in [0.3, 0.4) is 0 Å². The van der Waals surface area contributed by atoms with Gasteiger partial charge in [0.2, 0.25) is 10.0 Å². The molecule has 3 N–H and O–H groups in total. The Balaban J connectivity index is 2.27. The van der Waals surface area contributed by atoms with Crippen LogP contribution < -0.4 is 5.73 Å². The molecule has 1 atom stereocenters. The van der Waals surface area contributed by atoms with Crippen LogP contribution in [0.1, 0.15) is 37.8 Å². The highest BCUT2D eigenvalue weighted by atomic mass is 32.2. The van der Waals surface area contributed by atoms with Crippen molar-refractivity contribution in [1.82, 2.24) is 4.31 Å². The van der Waals surface area contributed by atoms with E-state index < -0.39 is 10.0 Å². The molecule has 0 bridgehead atoms. The number of hydrogen-bond acceptors (Lipinski definition) is 4. The molecule has 1 aromatic carbocycles. The van der Waals surface area contributed by atoms with Crippen LogP contribution in [0.2, 0.25) is 0 Å². The molecule has 1 aliphatic carbocycles. The first-order valence-electron chi connectivity index (χ1n) is 6.95. The molecule has 1 aromatic rings. The Kier molecular flexibility index (Phi) is 4.80. The zero-order valence-electron chi connectivity index (χ0n) is 11.7. The molecule has 0 radical (unpaired) electrons. The fourth-order valence-corrected chi connectivity index (χ4v) is 4.03. The molecule has 1 unspecified atom stereocenters. The van der Waals surface area contributed by atoms with Gasteiger partial charge in [-0.25, -0.2) is 8.42 Å². The number of benzene rings is 1. The predicted molar refractivity (Wildman–Crippen MR) is 77.7 cm³/mol. The van der Waals surface area contributed by atoms with Crippen molar-refractivity contribution in [2.45, 2.75) is 43.2 Å². The topological polar surface area (TPSA) is 83.6 Å². The van der Waals surface area contributed by atoms with Crippen molar-refractivity contribution in [2.75, 3.05) is 13.2 Å². The molecule has 112 valence electrons. The Morgan fingerprint density at radius 1 is 1.35 bits per heavy atom. The second-order valence-corrected chi connectivity index (χ2v) is 7.17. The fourth-order valence-electron chi connectivity index (χ4n) is 2.35. The molecule has 0 aromatic heterocycles. The summed E-state index contributed by atoms with van der Waals surface area (Å²) in [6.07, 6.45) is 2.79.